The van der Waals surface area contributed by atoms with Gasteiger partial charge >= 0.3 is 0 Å². The lowest BCUT2D eigenvalue weighted by Crippen LogP contribution is -2.34. The Morgan fingerprint density at radius 2 is 1.77 bits per heavy atom. The number of nitrogens with zero attached hydrogens (tertiary/aromatic N) is 4. The Hall–Kier alpha value is -3.53. The number of aliphatic hydroxyl groups is 2. The summed E-state index contributed by atoms with van der Waals surface area (Å²) in [6.07, 6.45) is -1.16. The van der Waals surface area contributed by atoms with Crippen molar-refractivity contribution in [1.29, 1.82) is 0 Å². The first-order valence-corrected chi connectivity index (χ1v) is 9.84. The van der Waals surface area contributed by atoms with Crippen molar-refractivity contribution in [2.75, 3.05) is 12.3 Å². The minimum atomic E-state index is -1.18. The minimum Gasteiger partial charge on any atom is -0.491 e. The lowest BCUT2D eigenvalue weighted by atomic mass is 10.1. The van der Waals surface area contributed by atoms with Crippen LogP contribution in [-0.2, 0) is 4.74 Å². The lowest BCUT2D eigenvalue weighted by molar-refractivity contribution is -0.0474. The molecule has 9 nitrogen and oxygen atoms in total. The van der Waals surface area contributed by atoms with Crippen LogP contribution in [0.2, 0.25) is 0 Å². The number of nitrogen functional groups attached to an aromatic ring is 1. The molecule has 0 aliphatic carbocycles. The van der Waals surface area contributed by atoms with E-state index in [-0.39, 0.29) is 12.4 Å². The van der Waals surface area contributed by atoms with Gasteiger partial charge in [0.15, 0.2) is 17.7 Å². The first kappa shape index (κ1) is 19.4. The van der Waals surface area contributed by atoms with Gasteiger partial charge in [0.25, 0.3) is 0 Å². The summed E-state index contributed by atoms with van der Waals surface area (Å²) in [4.78, 5) is 12.3. The second kappa shape index (κ2) is 7.95. The van der Waals surface area contributed by atoms with Crippen LogP contribution in [0.3, 0.4) is 0 Å². The number of ether oxygens (including phenoxy) is 2. The summed E-state index contributed by atoms with van der Waals surface area (Å²) in [5.41, 5.74) is 8.75. The normalized spacial score (nSPS) is 23.3. The van der Waals surface area contributed by atoms with Crippen LogP contribution in [0.25, 0.3) is 22.3 Å². The van der Waals surface area contributed by atoms with E-state index in [4.69, 9.17) is 15.2 Å². The van der Waals surface area contributed by atoms with E-state index in [0.717, 1.165) is 11.1 Å². The zero-order valence-corrected chi connectivity index (χ0v) is 16.4. The van der Waals surface area contributed by atoms with Gasteiger partial charge < -0.3 is 25.4 Å². The van der Waals surface area contributed by atoms with E-state index in [2.05, 4.69) is 15.0 Å². The topological polar surface area (TPSA) is 129 Å². The highest BCUT2D eigenvalue weighted by atomic mass is 16.6. The molecule has 9 heteroatoms. The van der Waals surface area contributed by atoms with Crippen molar-refractivity contribution in [3.8, 4) is 16.9 Å². The molecule has 4 N–H and O–H groups in total. The van der Waals surface area contributed by atoms with Crippen LogP contribution in [0.5, 0.6) is 5.75 Å². The average Bonchev–Trinajstić information content (AvgIpc) is 3.35. The molecular weight excluding hydrogens is 398 g/mol. The van der Waals surface area contributed by atoms with Gasteiger partial charge in [0.2, 0.25) is 0 Å². The highest BCUT2D eigenvalue weighted by Crippen LogP contribution is 2.32. The van der Waals surface area contributed by atoms with Crippen LogP contribution in [0.1, 0.15) is 6.23 Å². The van der Waals surface area contributed by atoms with Crippen molar-refractivity contribution in [3.63, 3.8) is 0 Å². The van der Waals surface area contributed by atoms with Crippen LogP contribution in [0.15, 0.2) is 67.3 Å². The first-order valence-electron chi connectivity index (χ1n) is 9.84. The Kier molecular flexibility index (Phi) is 4.99. The molecule has 158 valence electrons. The molecule has 1 aliphatic heterocycles. The molecular formula is C22H21N5O4. The van der Waals surface area contributed by atoms with Gasteiger partial charge in [-0.3, -0.25) is 4.57 Å². The summed E-state index contributed by atoms with van der Waals surface area (Å²) in [6.45, 7) is 0.0662. The van der Waals surface area contributed by atoms with Gasteiger partial charge in [-0.2, -0.15) is 0 Å². The number of imidazole rings is 1. The molecule has 1 fully saturated rings. The number of aliphatic hydroxyl groups excluding tert-OH is 2. The molecule has 2 unspecified atom stereocenters. The molecule has 2 aromatic carbocycles. The molecule has 3 heterocycles. The third kappa shape index (κ3) is 3.59. The van der Waals surface area contributed by atoms with Crippen LogP contribution >= 0.6 is 0 Å². The summed E-state index contributed by atoms with van der Waals surface area (Å²) in [5.74, 6) is 0.874. The van der Waals surface area contributed by atoms with Gasteiger partial charge in [-0.25, -0.2) is 15.0 Å². The van der Waals surface area contributed by atoms with Crippen molar-refractivity contribution < 1.29 is 19.7 Å². The Morgan fingerprint density at radius 3 is 2.61 bits per heavy atom. The maximum Gasteiger partial charge on any atom is 0.167 e. The third-order valence-corrected chi connectivity index (χ3v) is 5.35. The zero-order valence-electron chi connectivity index (χ0n) is 16.4. The molecule has 0 spiro atoms. The molecule has 0 amide bonds. The molecule has 4 aromatic rings. The predicted octanol–water partition coefficient (Wildman–Crippen LogP) is 1.77. The predicted molar refractivity (Wildman–Crippen MR) is 113 cm³/mol. The van der Waals surface area contributed by atoms with E-state index in [1.807, 2.05) is 54.6 Å². The standard InChI is InChI=1S/C22H21N5O4/c23-20-17-21(25-11-24-20)27(12-26-17)22-19(29)18(28)16(31-22)10-30-15-8-4-7-14(9-15)13-5-2-1-3-6-13/h1-9,11-12,16,18-19,22,28-29H,10H2,(H2,23,24,25)/t16-,18?,19?,22-/m1/s1. The van der Waals surface area contributed by atoms with Gasteiger partial charge in [0.1, 0.15) is 42.5 Å². The molecule has 0 radical (unpaired) electrons. The zero-order chi connectivity index (χ0) is 21.4. The van der Waals surface area contributed by atoms with E-state index < -0.39 is 24.5 Å². The second-order valence-electron chi connectivity index (χ2n) is 7.33. The Morgan fingerprint density at radius 1 is 0.968 bits per heavy atom. The molecule has 4 atom stereocenters. The van der Waals surface area contributed by atoms with Gasteiger partial charge in [0.05, 0.1) is 6.33 Å². The number of anilines is 1. The fraction of sp³-hybridized carbons (Fsp3) is 0.227. The highest BCUT2D eigenvalue weighted by Gasteiger charge is 2.44. The summed E-state index contributed by atoms with van der Waals surface area (Å²) in [6, 6.07) is 17.6. The van der Waals surface area contributed by atoms with Crippen LogP contribution in [-0.4, -0.2) is 54.7 Å². The fourth-order valence-corrected chi connectivity index (χ4v) is 3.73. The van der Waals surface area contributed by atoms with Crippen molar-refractivity contribution in [2.24, 2.45) is 0 Å². The summed E-state index contributed by atoms with van der Waals surface area (Å²) in [7, 11) is 0. The third-order valence-electron chi connectivity index (χ3n) is 5.35. The number of aromatic nitrogens is 4. The maximum absolute atomic E-state index is 10.6. The summed E-state index contributed by atoms with van der Waals surface area (Å²) in [5, 5.41) is 21.1. The minimum absolute atomic E-state index is 0.0662. The largest absolute Gasteiger partial charge is 0.491 e. The second-order valence-corrected chi connectivity index (χ2v) is 7.33. The molecule has 5 rings (SSSR count). The van der Waals surface area contributed by atoms with Crippen molar-refractivity contribution >= 4 is 17.0 Å². The van der Waals surface area contributed by atoms with Crippen LogP contribution in [0, 0.1) is 0 Å². The number of hydrogen-bond acceptors (Lipinski definition) is 8. The van der Waals surface area contributed by atoms with Crippen molar-refractivity contribution in [1.82, 2.24) is 19.5 Å². The average molecular weight is 419 g/mol. The summed E-state index contributed by atoms with van der Waals surface area (Å²) >= 11 is 0. The highest BCUT2D eigenvalue weighted by molar-refractivity contribution is 5.81. The number of fused-ring (bicyclic) bond motifs is 1. The number of rotatable bonds is 5. The first-order chi connectivity index (χ1) is 15.1. The van der Waals surface area contributed by atoms with E-state index >= 15 is 0 Å². The van der Waals surface area contributed by atoms with Crippen molar-refractivity contribution in [2.45, 2.75) is 24.5 Å². The molecule has 2 aromatic heterocycles. The van der Waals surface area contributed by atoms with Crippen LogP contribution in [0.4, 0.5) is 5.82 Å². The Balaban J connectivity index is 1.31. The van der Waals surface area contributed by atoms with E-state index in [0.29, 0.717) is 16.9 Å². The molecule has 0 bridgehead atoms. The van der Waals surface area contributed by atoms with Crippen LogP contribution < -0.4 is 10.5 Å². The molecule has 0 saturated carbocycles. The molecule has 1 saturated heterocycles. The maximum atomic E-state index is 10.6. The van der Waals surface area contributed by atoms with Gasteiger partial charge in [0, 0.05) is 0 Å². The number of nitrogens with two attached hydrogens (primary N) is 1. The summed E-state index contributed by atoms with van der Waals surface area (Å²) < 4.78 is 13.3. The fourth-order valence-electron chi connectivity index (χ4n) is 3.73. The number of hydrogen-bond donors (Lipinski definition) is 3. The Bertz CT molecular complexity index is 1200. The van der Waals surface area contributed by atoms with Gasteiger partial charge in [-0.15, -0.1) is 0 Å². The quantitative estimate of drug-likeness (QED) is 0.446. The molecule has 31 heavy (non-hydrogen) atoms. The number of benzene rings is 2. The van der Waals surface area contributed by atoms with E-state index in [1.54, 1.807) is 0 Å². The van der Waals surface area contributed by atoms with E-state index in [1.165, 1.54) is 17.2 Å². The SMILES string of the molecule is Nc1ncnc2c1ncn2[C@@H]1O[C@H](COc2cccc(-c3ccccc3)c2)C(O)C1O. The monoisotopic (exact) mass is 419 g/mol. The van der Waals surface area contributed by atoms with Crippen molar-refractivity contribution in [3.05, 3.63) is 67.3 Å². The van der Waals surface area contributed by atoms with Gasteiger partial charge in [-0.1, -0.05) is 42.5 Å². The van der Waals surface area contributed by atoms with E-state index in [9.17, 15) is 10.2 Å². The van der Waals surface area contributed by atoms with Gasteiger partial charge in [-0.05, 0) is 23.3 Å². The Labute approximate surface area is 177 Å². The lowest BCUT2D eigenvalue weighted by Gasteiger charge is -2.16. The molecule has 1 aliphatic rings. The smallest absolute Gasteiger partial charge is 0.167 e.